The number of benzene rings is 1. The molecule has 20 heavy (non-hydrogen) atoms. The normalized spacial score (nSPS) is 22.1. The average Bonchev–Trinajstić information content (AvgIpc) is 2.71. The third-order valence-corrected chi connectivity index (χ3v) is 3.94. The zero-order valence-electron chi connectivity index (χ0n) is 11.5. The number of anilines is 1. The number of hydrogen-bond acceptors (Lipinski definition) is 4. The minimum Gasteiger partial charge on any atom is -0.385 e. The molecule has 0 spiro atoms. The monoisotopic (exact) mass is 274 g/mol. The van der Waals surface area contributed by atoms with Gasteiger partial charge in [-0.3, -0.25) is 14.5 Å². The van der Waals surface area contributed by atoms with Gasteiger partial charge in [0.25, 0.3) is 11.8 Å². The first-order valence-corrected chi connectivity index (χ1v) is 6.95. The number of carbonyl (C=O) groups excluding carboxylic acids is 2. The summed E-state index contributed by atoms with van der Waals surface area (Å²) in [6, 6.07) is 5.34. The average molecular weight is 274 g/mol. The number of fused-ring (bicyclic) bond motifs is 1. The number of ether oxygens (including phenoxy) is 1. The number of rotatable bonds is 3. The van der Waals surface area contributed by atoms with E-state index in [2.05, 4.69) is 5.32 Å². The fourth-order valence-electron chi connectivity index (χ4n) is 2.70. The van der Waals surface area contributed by atoms with Crippen LogP contribution in [0.25, 0.3) is 0 Å². The van der Waals surface area contributed by atoms with Crippen molar-refractivity contribution in [3.8, 4) is 0 Å². The molecule has 0 saturated carbocycles. The van der Waals surface area contributed by atoms with Crippen LogP contribution in [0.3, 0.4) is 0 Å². The molecule has 1 aromatic rings. The van der Waals surface area contributed by atoms with Gasteiger partial charge >= 0.3 is 0 Å². The van der Waals surface area contributed by atoms with Gasteiger partial charge in [-0.2, -0.15) is 0 Å². The molecule has 2 amide bonds. The Morgan fingerprint density at radius 3 is 2.85 bits per heavy atom. The first kappa shape index (κ1) is 13.1. The van der Waals surface area contributed by atoms with E-state index < -0.39 is 0 Å². The van der Waals surface area contributed by atoms with Crippen LogP contribution in [-0.4, -0.2) is 43.5 Å². The van der Waals surface area contributed by atoms with E-state index in [9.17, 15) is 9.59 Å². The van der Waals surface area contributed by atoms with Crippen LogP contribution in [0.4, 0.5) is 5.69 Å². The molecule has 1 saturated heterocycles. The van der Waals surface area contributed by atoms with Crippen LogP contribution in [-0.2, 0) is 4.74 Å². The second-order valence-corrected chi connectivity index (χ2v) is 5.39. The molecule has 0 aliphatic carbocycles. The zero-order valence-corrected chi connectivity index (χ0v) is 11.5. The van der Waals surface area contributed by atoms with Gasteiger partial charge in [-0.1, -0.05) is 0 Å². The topological polar surface area (TPSA) is 58.6 Å². The van der Waals surface area contributed by atoms with Crippen molar-refractivity contribution in [1.29, 1.82) is 0 Å². The van der Waals surface area contributed by atoms with Crippen molar-refractivity contribution in [3.05, 3.63) is 29.3 Å². The van der Waals surface area contributed by atoms with E-state index in [4.69, 9.17) is 4.74 Å². The van der Waals surface area contributed by atoms with Crippen LogP contribution < -0.4 is 5.32 Å². The lowest BCUT2D eigenvalue weighted by Gasteiger charge is -2.22. The second-order valence-electron chi connectivity index (χ2n) is 5.39. The van der Waals surface area contributed by atoms with E-state index in [1.807, 2.05) is 6.07 Å². The molecule has 106 valence electrons. The van der Waals surface area contributed by atoms with E-state index in [0.29, 0.717) is 17.0 Å². The van der Waals surface area contributed by atoms with Gasteiger partial charge in [-0.05, 0) is 37.0 Å². The summed E-state index contributed by atoms with van der Waals surface area (Å²) in [4.78, 5) is 24.9. The van der Waals surface area contributed by atoms with Crippen molar-refractivity contribution in [2.45, 2.75) is 12.8 Å². The lowest BCUT2D eigenvalue weighted by molar-refractivity contribution is 0.0595. The van der Waals surface area contributed by atoms with Crippen LogP contribution in [0.15, 0.2) is 18.2 Å². The number of amides is 2. The SMILES string of the molecule is CN1C(=O)c2ccc(NCC3CCCOC3)cc2C1=O. The molecule has 1 atom stereocenters. The van der Waals surface area contributed by atoms with E-state index in [-0.39, 0.29) is 11.8 Å². The fraction of sp³-hybridized carbons (Fsp3) is 0.467. The number of nitrogens with one attached hydrogen (secondary N) is 1. The Balaban J connectivity index is 1.70. The maximum Gasteiger partial charge on any atom is 0.261 e. The number of carbonyl (C=O) groups is 2. The Hall–Kier alpha value is -1.88. The zero-order chi connectivity index (χ0) is 14.1. The predicted molar refractivity (Wildman–Crippen MR) is 74.9 cm³/mol. The maximum atomic E-state index is 11.9. The Morgan fingerprint density at radius 1 is 1.30 bits per heavy atom. The van der Waals surface area contributed by atoms with Crippen LogP contribution in [0, 0.1) is 5.92 Å². The summed E-state index contributed by atoms with van der Waals surface area (Å²) < 4.78 is 5.44. The Morgan fingerprint density at radius 2 is 2.10 bits per heavy atom. The molecule has 0 radical (unpaired) electrons. The summed E-state index contributed by atoms with van der Waals surface area (Å²) in [6.07, 6.45) is 2.27. The van der Waals surface area contributed by atoms with Crippen molar-refractivity contribution in [2.24, 2.45) is 5.92 Å². The van der Waals surface area contributed by atoms with Gasteiger partial charge in [0.2, 0.25) is 0 Å². The van der Waals surface area contributed by atoms with Crippen LogP contribution in [0.2, 0.25) is 0 Å². The minimum atomic E-state index is -0.227. The smallest absolute Gasteiger partial charge is 0.261 e. The lowest BCUT2D eigenvalue weighted by Crippen LogP contribution is -2.24. The van der Waals surface area contributed by atoms with Crippen LogP contribution in [0.1, 0.15) is 33.6 Å². The van der Waals surface area contributed by atoms with Gasteiger partial charge < -0.3 is 10.1 Å². The van der Waals surface area contributed by atoms with Gasteiger partial charge in [0.05, 0.1) is 17.7 Å². The third kappa shape index (κ3) is 2.29. The molecular weight excluding hydrogens is 256 g/mol. The molecule has 5 heteroatoms. The van der Waals surface area contributed by atoms with Crippen LogP contribution >= 0.6 is 0 Å². The fourth-order valence-corrected chi connectivity index (χ4v) is 2.70. The van der Waals surface area contributed by atoms with Gasteiger partial charge in [-0.15, -0.1) is 0 Å². The summed E-state index contributed by atoms with van der Waals surface area (Å²) in [6.45, 7) is 2.48. The quantitative estimate of drug-likeness (QED) is 0.853. The largest absolute Gasteiger partial charge is 0.385 e. The van der Waals surface area contributed by atoms with Crippen molar-refractivity contribution in [1.82, 2.24) is 4.90 Å². The standard InChI is InChI=1S/C15H18N2O3/c1-17-14(18)12-5-4-11(7-13(12)15(17)19)16-8-10-3-2-6-20-9-10/h4-5,7,10,16H,2-3,6,8-9H2,1H3. The van der Waals surface area contributed by atoms with Gasteiger partial charge in [0.1, 0.15) is 0 Å². The molecular formula is C15H18N2O3. The van der Waals surface area contributed by atoms with E-state index in [0.717, 1.165) is 43.2 Å². The molecule has 0 aromatic heterocycles. The van der Waals surface area contributed by atoms with Gasteiger partial charge in [0.15, 0.2) is 0 Å². The van der Waals surface area contributed by atoms with E-state index in [1.165, 1.54) is 7.05 Å². The third-order valence-electron chi connectivity index (χ3n) is 3.94. The highest BCUT2D eigenvalue weighted by Gasteiger charge is 2.32. The van der Waals surface area contributed by atoms with Crippen LogP contribution in [0.5, 0.6) is 0 Å². The molecule has 1 unspecified atom stereocenters. The summed E-state index contributed by atoms with van der Waals surface area (Å²) in [5, 5.41) is 3.33. The van der Waals surface area contributed by atoms with Crippen molar-refractivity contribution in [3.63, 3.8) is 0 Å². The number of nitrogens with zero attached hydrogens (tertiary/aromatic N) is 1. The number of hydrogen-bond donors (Lipinski definition) is 1. The first-order chi connectivity index (χ1) is 9.66. The predicted octanol–water partition coefficient (Wildman–Crippen LogP) is 1.75. The van der Waals surface area contributed by atoms with Crippen molar-refractivity contribution >= 4 is 17.5 Å². The summed E-state index contributed by atoms with van der Waals surface area (Å²) >= 11 is 0. The van der Waals surface area contributed by atoms with E-state index >= 15 is 0 Å². The Kier molecular flexibility index (Phi) is 3.44. The summed E-state index contributed by atoms with van der Waals surface area (Å²) in [5.41, 5.74) is 1.86. The Bertz CT molecular complexity index is 550. The summed E-state index contributed by atoms with van der Waals surface area (Å²) in [7, 11) is 1.51. The highest BCUT2D eigenvalue weighted by molar-refractivity contribution is 6.21. The van der Waals surface area contributed by atoms with Crippen molar-refractivity contribution in [2.75, 3.05) is 32.1 Å². The molecule has 2 heterocycles. The number of imide groups is 1. The Labute approximate surface area is 117 Å². The molecule has 0 bridgehead atoms. The van der Waals surface area contributed by atoms with Gasteiger partial charge in [-0.25, -0.2) is 0 Å². The molecule has 1 fully saturated rings. The van der Waals surface area contributed by atoms with E-state index in [1.54, 1.807) is 12.1 Å². The van der Waals surface area contributed by atoms with Crippen molar-refractivity contribution < 1.29 is 14.3 Å². The molecule has 3 rings (SSSR count). The second kappa shape index (κ2) is 5.25. The molecule has 1 aromatic carbocycles. The highest BCUT2D eigenvalue weighted by atomic mass is 16.5. The lowest BCUT2D eigenvalue weighted by atomic mass is 10.0. The summed E-state index contributed by atoms with van der Waals surface area (Å²) in [5.74, 6) is 0.0592. The minimum absolute atomic E-state index is 0.225. The highest BCUT2D eigenvalue weighted by Crippen LogP contribution is 2.25. The maximum absolute atomic E-state index is 11.9. The molecule has 2 aliphatic rings. The molecule has 1 N–H and O–H groups in total. The molecule has 5 nitrogen and oxygen atoms in total. The first-order valence-electron chi connectivity index (χ1n) is 6.95. The van der Waals surface area contributed by atoms with Gasteiger partial charge in [0, 0.05) is 25.9 Å². The molecule has 2 aliphatic heterocycles.